The summed E-state index contributed by atoms with van der Waals surface area (Å²) in [5, 5.41) is 10.3. The molecule has 0 amide bonds. The summed E-state index contributed by atoms with van der Waals surface area (Å²) in [5.41, 5.74) is 6.34. The molecule has 0 bridgehead atoms. The fraction of sp³-hybridized carbons (Fsp3) is 0.760. The minimum Gasteiger partial charge on any atom is -0.507 e. The van der Waals surface area contributed by atoms with E-state index in [0.717, 1.165) is 34.8 Å². The van der Waals surface area contributed by atoms with E-state index in [1.165, 1.54) is 80.9 Å². The Hall–Kier alpha value is -0.980. The molecule has 2 saturated carbocycles. The van der Waals surface area contributed by atoms with Gasteiger partial charge in [0, 0.05) is 0 Å². The van der Waals surface area contributed by atoms with Gasteiger partial charge in [-0.1, -0.05) is 45.4 Å². The van der Waals surface area contributed by atoms with Crippen molar-refractivity contribution in [3.8, 4) is 5.75 Å². The molecule has 1 nitrogen and oxygen atoms in total. The van der Waals surface area contributed by atoms with Gasteiger partial charge in [0.1, 0.15) is 5.75 Å². The van der Waals surface area contributed by atoms with Crippen LogP contribution in [0.4, 0.5) is 0 Å². The molecule has 0 atom stereocenters. The van der Waals surface area contributed by atoms with Gasteiger partial charge in [0.2, 0.25) is 0 Å². The summed E-state index contributed by atoms with van der Waals surface area (Å²) in [6.07, 6.45) is 14.4. The quantitative estimate of drug-likeness (QED) is 0.605. The fourth-order valence-electron chi connectivity index (χ4n) is 5.67. The van der Waals surface area contributed by atoms with Crippen LogP contribution in [0.3, 0.4) is 0 Å². The molecule has 2 aliphatic rings. The lowest BCUT2D eigenvalue weighted by atomic mass is 9.72. The monoisotopic (exact) mass is 356 g/mol. The first kappa shape index (κ1) is 19.8. The van der Waals surface area contributed by atoms with Gasteiger partial charge in [-0.2, -0.15) is 0 Å². The van der Waals surface area contributed by atoms with Crippen molar-refractivity contribution in [1.82, 2.24) is 0 Å². The lowest BCUT2D eigenvalue weighted by Crippen LogP contribution is -2.21. The molecular formula is C25H40O. The van der Waals surface area contributed by atoms with Crippen LogP contribution in [0.1, 0.15) is 92.5 Å². The molecule has 0 heterocycles. The average molecular weight is 357 g/mol. The molecule has 0 spiro atoms. The summed E-state index contributed by atoms with van der Waals surface area (Å²) in [7, 11) is 0. The van der Waals surface area contributed by atoms with E-state index in [-0.39, 0.29) is 0 Å². The first-order valence-corrected chi connectivity index (χ1v) is 11.1. The Morgan fingerprint density at radius 2 is 1.08 bits per heavy atom. The highest BCUT2D eigenvalue weighted by Gasteiger charge is 2.27. The van der Waals surface area contributed by atoms with Crippen molar-refractivity contribution in [1.29, 1.82) is 0 Å². The first-order valence-electron chi connectivity index (χ1n) is 11.1. The summed E-state index contributed by atoms with van der Waals surface area (Å²) >= 11 is 0. The maximum absolute atomic E-state index is 10.3. The van der Waals surface area contributed by atoms with E-state index in [1.54, 1.807) is 0 Å². The van der Waals surface area contributed by atoms with Crippen LogP contribution in [0.25, 0.3) is 0 Å². The third kappa shape index (κ3) is 4.29. The first-order chi connectivity index (χ1) is 12.4. The summed E-state index contributed by atoms with van der Waals surface area (Å²) in [5.74, 6) is 4.35. The van der Waals surface area contributed by atoms with E-state index < -0.39 is 0 Å². The molecule has 1 aromatic carbocycles. The van der Waals surface area contributed by atoms with Crippen LogP contribution in [-0.4, -0.2) is 5.11 Å². The van der Waals surface area contributed by atoms with E-state index in [2.05, 4.69) is 34.6 Å². The van der Waals surface area contributed by atoms with Gasteiger partial charge >= 0.3 is 0 Å². The summed E-state index contributed by atoms with van der Waals surface area (Å²) < 4.78 is 0. The van der Waals surface area contributed by atoms with Gasteiger partial charge < -0.3 is 5.11 Å². The number of hydrogen-bond acceptors (Lipinski definition) is 1. The molecule has 2 fully saturated rings. The second-order valence-electron chi connectivity index (χ2n) is 9.78. The Balaban J connectivity index is 1.55. The van der Waals surface area contributed by atoms with Gasteiger partial charge in [-0.05, 0) is 105 Å². The van der Waals surface area contributed by atoms with Crippen LogP contribution < -0.4 is 0 Å². The highest BCUT2D eigenvalue weighted by Crippen LogP contribution is 2.40. The van der Waals surface area contributed by atoms with Crippen molar-refractivity contribution >= 4 is 0 Å². The van der Waals surface area contributed by atoms with E-state index in [1.807, 2.05) is 0 Å². The summed E-state index contributed by atoms with van der Waals surface area (Å²) in [4.78, 5) is 0. The van der Waals surface area contributed by atoms with Gasteiger partial charge in [-0.25, -0.2) is 0 Å². The van der Waals surface area contributed by atoms with Gasteiger partial charge in [0.05, 0.1) is 0 Å². The zero-order valence-corrected chi connectivity index (χ0v) is 17.8. The number of phenolic OH excluding ortho intramolecular Hbond substituents is 1. The topological polar surface area (TPSA) is 20.2 Å². The Morgan fingerprint density at radius 1 is 0.654 bits per heavy atom. The van der Waals surface area contributed by atoms with Crippen LogP contribution in [-0.2, 0) is 6.42 Å². The zero-order valence-electron chi connectivity index (χ0n) is 17.8. The van der Waals surface area contributed by atoms with E-state index in [9.17, 15) is 5.11 Å². The molecule has 0 radical (unpaired) electrons. The van der Waals surface area contributed by atoms with Crippen molar-refractivity contribution in [2.24, 2.45) is 23.7 Å². The number of rotatable bonds is 4. The fourth-order valence-corrected chi connectivity index (χ4v) is 5.67. The standard InChI is InChI=1S/C25H40O/c1-16-6-8-21(9-7-16)14-22-10-12-23(13-11-22)15-24-17(2)19(4)25(26)20(5)18(24)3/h16,21-23,26H,6-15H2,1-5H3. The normalized spacial score (nSPS) is 29.7. The number of benzene rings is 1. The molecule has 26 heavy (non-hydrogen) atoms. The third-order valence-electron chi connectivity index (χ3n) is 8.00. The minimum atomic E-state index is 0.509. The molecular weight excluding hydrogens is 316 g/mol. The molecule has 146 valence electrons. The SMILES string of the molecule is Cc1c(C)c(CC2CCC(CC3CCC(C)CC3)CC2)c(C)c(C)c1O. The summed E-state index contributed by atoms with van der Waals surface area (Å²) in [6.45, 7) is 11.0. The highest BCUT2D eigenvalue weighted by atomic mass is 16.3. The molecule has 0 aliphatic heterocycles. The predicted octanol–water partition coefficient (Wildman–Crippen LogP) is 7.19. The van der Waals surface area contributed by atoms with Crippen LogP contribution in [0.15, 0.2) is 0 Å². The largest absolute Gasteiger partial charge is 0.507 e. The Kier molecular flexibility index (Phi) is 6.36. The number of hydrogen-bond donors (Lipinski definition) is 1. The van der Waals surface area contributed by atoms with Crippen molar-refractivity contribution in [2.75, 3.05) is 0 Å². The second kappa shape index (κ2) is 8.36. The average Bonchev–Trinajstić information content (AvgIpc) is 2.65. The molecule has 2 aliphatic carbocycles. The Bertz CT molecular complexity index is 585. The van der Waals surface area contributed by atoms with Gasteiger partial charge in [0.15, 0.2) is 0 Å². The third-order valence-corrected chi connectivity index (χ3v) is 8.00. The van der Waals surface area contributed by atoms with E-state index in [4.69, 9.17) is 0 Å². The number of aromatic hydroxyl groups is 1. The van der Waals surface area contributed by atoms with Crippen molar-refractivity contribution in [3.63, 3.8) is 0 Å². The molecule has 1 heteroatoms. The van der Waals surface area contributed by atoms with Crippen LogP contribution in [0.5, 0.6) is 5.75 Å². The minimum absolute atomic E-state index is 0.509. The van der Waals surface area contributed by atoms with Crippen LogP contribution in [0.2, 0.25) is 0 Å². The molecule has 3 rings (SSSR count). The molecule has 0 aromatic heterocycles. The summed E-state index contributed by atoms with van der Waals surface area (Å²) in [6, 6.07) is 0. The van der Waals surface area contributed by atoms with E-state index >= 15 is 0 Å². The molecule has 0 unspecified atom stereocenters. The van der Waals surface area contributed by atoms with Gasteiger partial charge in [0.25, 0.3) is 0 Å². The number of phenols is 1. The maximum atomic E-state index is 10.3. The van der Waals surface area contributed by atoms with E-state index in [0.29, 0.717) is 5.75 Å². The Morgan fingerprint density at radius 3 is 1.58 bits per heavy atom. The molecule has 0 saturated heterocycles. The molecule has 1 aromatic rings. The van der Waals surface area contributed by atoms with Crippen molar-refractivity contribution < 1.29 is 5.11 Å². The Labute approximate surface area is 161 Å². The van der Waals surface area contributed by atoms with Crippen molar-refractivity contribution in [2.45, 2.75) is 98.8 Å². The lowest BCUT2D eigenvalue weighted by molar-refractivity contribution is 0.195. The zero-order chi connectivity index (χ0) is 18.8. The van der Waals surface area contributed by atoms with Crippen LogP contribution >= 0.6 is 0 Å². The van der Waals surface area contributed by atoms with Gasteiger partial charge in [-0.15, -0.1) is 0 Å². The lowest BCUT2D eigenvalue weighted by Gasteiger charge is -2.34. The van der Waals surface area contributed by atoms with Gasteiger partial charge in [-0.3, -0.25) is 0 Å². The highest BCUT2D eigenvalue weighted by molar-refractivity contribution is 5.53. The van der Waals surface area contributed by atoms with Crippen LogP contribution in [0, 0.1) is 51.4 Å². The second-order valence-corrected chi connectivity index (χ2v) is 9.78. The smallest absolute Gasteiger partial charge is 0.121 e. The van der Waals surface area contributed by atoms with Crippen molar-refractivity contribution in [3.05, 3.63) is 27.8 Å². The molecule has 1 N–H and O–H groups in total. The maximum Gasteiger partial charge on any atom is 0.121 e. The predicted molar refractivity (Wildman–Crippen MR) is 112 cm³/mol.